The normalized spacial score (nSPS) is 10.4. The number of nitrogens with zero attached hydrogens (tertiary/aromatic N) is 1. The van der Waals surface area contributed by atoms with Crippen LogP contribution < -0.4 is 10.2 Å². The summed E-state index contributed by atoms with van der Waals surface area (Å²) in [5.41, 5.74) is 3.63. The number of aliphatic imine (C=N–C) groups is 1. The maximum absolute atomic E-state index is 8.30. The van der Waals surface area contributed by atoms with Gasteiger partial charge in [-0.25, -0.2) is 4.99 Å². The molecular formula is C9H12N2O2. The van der Waals surface area contributed by atoms with Crippen molar-refractivity contribution in [2.45, 2.75) is 6.92 Å². The van der Waals surface area contributed by atoms with Crippen LogP contribution in [0.1, 0.15) is 5.56 Å². The second kappa shape index (κ2) is 4.47. The molecule has 0 heterocycles. The van der Waals surface area contributed by atoms with E-state index in [1.807, 2.05) is 30.6 Å². The SMILES string of the molecule is COc1ccc(N=CNO)c(C)c1. The van der Waals surface area contributed by atoms with E-state index in [2.05, 4.69) is 4.99 Å². The molecule has 1 aromatic carbocycles. The Balaban J connectivity index is 2.91. The number of ether oxygens (including phenoxy) is 1. The van der Waals surface area contributed by atoms with Crippen molar-refractivity contribution in [2.75, 3.05) is 7.11 Å². The maximum atomic E-state index is 8.30. The van der Waals surface area contributed by atoms with Crippen molar-refractivity contribution in [1.29, 1.82) is 0 Å². The topological polar surface area (TPSA) is 53.8 Å². The van der Waals surface area contributed by atoms with Crippen molar-refractivity contribution in [2.24, 2.45) is 4.99 Å². The summed E-state index contributed by atoms with van der Waals surface area (Å²) in [7, 11) is 1.62. The van der Waals surface area contributed by atoms with Gasteiger partial charge in [0, 0.05) is 0 Å². The molecule has 2 N–H and O–H groups in total. The number of hydrogen-bond donors (Lipinski definition) is 2. The highest BCUT2D eigenvalue weighted by atomic mass is 16.5. The zero-order valence-corrected chi connectivity index (χ0v) is 7.61. The van der Waals surface area contributed by atoms with Gasteiger partial charge in [-0.2, -0.15) is 0 Å². The van der Waals surface area contributed by atoms with Crippen molar-refractivity contribution >= 4 is 12.0 Å². The van der Waals surface area contributed by atoms with E-state index < -0.39 is 0 Å². The highest BCUT2D eigenvalue weighted by Crippen LogP contribution is 2.22. The Morgan fingerprint density at radius 2 is 2.31 bits per heavy atom. The zero-order valence-electron chi connectivity index (χ0n) is 7.61. The molecule has 0 aliphatic rings. The number of rotatable bonds is 3. The highest BCUT2D eigenvalue weighted by Gasteiger charge is 1.97. The predicted molar refractivity (Wildman–Crippen MR) is 50.8 cm³/mol. The molecule has 70 valence electrons. The molecule has 0 amide bonds. The van der Waals surface area contributed by atoms with E-state index in [0.29, 0.717) is 0 Å². The summed E-state index contributed by atoms with van der Waals surface area (Å²) >= 11 is 0. The van der Waals surface area contributed by atoms with Crippen LogP contribution >= 0.6 is 0 Å². The molecule has 0 spiro atoms. The van der Waals surface area contributed by atoms with E-state index in [9.17, 15) is 0 Å². The number of hydrogen-bond acceptors (Lipinski definition) is 3. The minimum atomic E-state index is 0.794. The maximum Gasteiger partial charge on any atom is 0.119 e. The average molecular weight is 180 g/mol. The fourth-order valence-electron chi connectivity index (χ4n) is 0.998. The molecule has 1 rings (SSSR count). The van der Waals surface area contributed by atoms with Gasteiger partial charge in [0.2, 0.25) is 0 Å². The molecule has 4 nitrogen and oxygen atoms in total. The van der Waals surface area contributed by atoms with E-state index in [-0.39, 0.29) is 0 Å². The summed E-state index contributed by atoms with van der Waals surface area (Å²) in [4.78, 5) is 3.96. The van der Waals surface area contributed by atoms with Gasteiger partial charge in [0.05, 0.1) is 12.8 Å². The number of aryl methyl sites for hydroxylation is 1. The Bertz CT molecular complexity index is 310. The first-order valence-corrected chi connectivity index (χ1v) is 3.84. The van der Waals surface area contributed by atoms with Gasteiger partial charge in [0.1, 0.15) is 12.1 Å². The Hall–Kier alpha value is -1.55. The summed E-state index contributed by atoms with van der Waals surface area (Å²) < 4.78 is 5.04. The van der Waals surface area contributed by atoms with E-state index in [1.54, 1.807) is 7.11 Å². The van der Waals surface area contributed by atoms with E-state index in [1.165, 1.54) is 6.34 Å². The fourth-order valence-corrected chi connectivity index (χ4v) is 0.998. The number of nitrogens with one attached hydrogen (secondary N) is 1. The van der Waals surface area contributed by atoms with E-state index in [4.69, 9.17) is 9.94 Å². The van der Waals surface area contributed by atoms with Gasteiger partial charge in [-0.05, 0) is 30.7 Å². The minimum Gasteiger partial charge on any atom is -0.497 e. The van der Waals surface area contributed by atoms with Gasteiger partial charge in [-0.3, -0.25) is 10.7 Å². The second-order valence-electron chi connectivity index (χ2n) is 2.54. The Morgan fingerprint density at radius 1 is 1.54 bits per heavy atom. The third-order valence-electron chi connectivity index (χ3n) is 1.67. The third-order valence-corrected chi connectivity index (χ3v) is 1.67. The standard InChI is InChI=1S/C9H12N2O2/c1-7-5-8(13-2)3-4-9(7)10-6-11-12/h3-6,12H,1-2H3,(H,10,11). The van der Waals surface area contributed by atoms with Gasteiger partial charge < -0.3 is 4.74 Å². The molecule has 0 aliphatic carbocycles. The minimum absolute atomic E-state index is 0.794. The molecule has 0 unspecified atom stereocenters. The van der Waals surface area contributed by atoms with Crippen LogP contribution in [-0.2, 0) is 0 Å². The van der Waals surface area contributed by atoms with Gasteiger partial charge in [-0.15, -0.1) is 0 Å². The summed E-state index contributed by atoms with van der Waals surface area (Å²) in [6.07, 6.45) is 1.22. The van der Waals surface area contributed by atoms with Crippen molar-refractivity contribution < 1.29 is 9.94 Å². The molecule has 0 bridgehead atoms. The van der Waals surface area contributed by atoms with Crippen LogP contribution in [0.15, 0.2) is 23.2 Å². The van der Waals surface area contributed by atoms with Gasteiger partial charge in [0.25, 0.3) is 0 Å². The average Bonchev–Trinajstić information content (AvgIpc) is 2.16. The predicted octanol–water partition coefficient (Wildman–Crippen LogP) is 1.64. The first-order chi connectivity index (χ1) is 6.27. The molecule has 0 saturated heterocycles. The monoisotopic (exact) mass is 180 g/mol. The Labute approximate surface area is 76.8 Å². The van der Waals surface area contributed by atoms with Gasteiger partial charge in [-0.1, -0.05) is 0 Å². The van der Waals surface area contributed by atoms with Crippen molar-refractivity contribution in [3.8, 4) is 5.75 Å². The fraction of sp³-hybridized carbons (Fsp3) is 0.222. The molecule has 0 aromatic heterocycles. The lowest BCUT2D eigenvalue weighted by Gasteiger charge is -2.03. The Morgan fingerprint density at radius 3 is 2.85 bits per heavy atom. The lowest BCUT2D eigenvalue weighted by Crippen LogP contribution is -2.01. The van der Waals surface area contributed by atoms with Crippen LogP contribution in [0.2, 0.25) is 0 Å². The number of benzene rings is 1. The molecule has 4 heteroatoms. The smallest absolute Gasteiger partial charge is 0.119 e. The Kier molecular flexibility index (Phi) is 3.28. The van der Waals surface area contributed by atoms with Crippen LogP contribution in [0, 0.1) is 6.92 Å². The summed E-state index contributed by atoms with van der Waals surface area (Å²) in [5.74, 6) is 0.799. The number of methoxy groups -OCH3 is 1. The highest BCUT2D eigenvalue weighted by molar-refractivity contribution is 5.62. The molecule has 13 heavy (non-hydrogen) atoms. The summed E-state index contributed by atoms with van der Waals surface area (Å²) in [6, 6.07) is 5.52. The largest absolute Gasteiger partial charge is 0.497 e. The molecular weight excluding hydrogens is 168 g/mol. The van der Waals surface area contributed by atoms with Crippen molar-refractivity contribution in [3.63, 3.8) is 0 Å². The van der Waals surface area contributed by atoms with Crippen LogP contribution in [0.25, 0.3) is 0 Å². The zero-order chi connectivity index (χ0) is 9.68. The molecule has 0 aliphatic heterocycles. The third kappa shape index (κ3) is 2.45. The number of hydroxylamine groups is 1. The quantitative estimate of drug-likeness (QED) is 0.422. The van der Waals surface area contributed by atoms with E-state index in [0.717, 1.165) is 17.0 Å². The van der Waals surface area contributed by atoms with Crippen molar-refractivity contribution in [1.82, 2.24) is 5.48 Å². The second-order valence-corrected chi connectivity index (χ2v) is 2.54. The summed E-state index contributed by atoms with van der Waals surface area (Å²) in [5, 5.41) is 8.30. The van der Waals surface area contributed by atoms with Crippen LogP contribution in [0.3, 0.4) is 0 Å². The first-order valence-electron chi connectivity index (χ1n) is 3.84. The van der Waals surface area contributed by atoms with Crippen LogP contribution in [0.4, 0.5) is 5.69 Å². The van der Waals surface area contributed by atoms with Gasteiger partial charge in [0.15, 0.2) is 0 Å². The molecule has 0 radical (unpaired) electrons. The lowest BCUT2D eigenvalue weighted by molar-refractivity contribution is 0.240. The summed E-state index contributed by atoms with van der Waals surface area (Å²) in [6.45, 7) is 1.92. The molecule has 1 aromatic rings. The lowest BCUT2D eigenvalue weighted by atomic mass is 10.2. The van der Waals surface area contributed by atoms with Crippen LogP contribution in [-0.4, -0.2) is 18.7 Å². The van der Waals surface area contributed by atoms with E-state index >= 15 is 0 Å². The first kappa shape index (κ1) is 9.54. The molecule has 0 saturated carbocycles. The van der Waals surface area contributed by atoms with Crippen LogP contribution in [0.5, 0.6) is 5.75 Å². The molecule has 0 atom stereocenters. The molecule has 0 fully saturated rings. The van der Waals surface area contributed by atoms with Crippen molar-refractivity contribution in [3.05, 3.63) is 23.8 Å². The van der Waals surface area contributed by atoms with Gasteiger partial charge >= 0.3 is 0 Å².